The van der Waals surface area contributed by atoms with Crippen LogP contribution in [-0.2, 0) is 29.8 Å². The highest BCUT2D eigenvalue weighted by molar-refractivity contribution is 7.86. The molecule has 2 saturated heterocycles. The Hall–Kier alpha value is -0.810. The second-order valence-corrected chi connectivity index (χ2v) is 10.4. The third-order valence-electron chi connectivity index (χ3n) is 6.16. The van der Waals surface area contributed by atoms with Crippen LogP contribution in [0, 0.1) is 4.77 Å². The lowest BCUT2D eigenvalue weighted by Gasteiger charge is -2.36. The van der Waals surface area contributed by atoms with Gasteiger partial charge in [0.15, 0.2) is 4.77 Å². The molecule has 3 aliphatic rings. The molecule has 1 aromatic rings. The molecule has 158 valence electrons. The molecule has 0 aliphatic carbocycles. The van der Waals surface area contributed by atoms with Crippen LogP contribution in [0.3, 0.4) is 0 Å². The highest BCUT2D eigenvalue weighted by Crippen LogP contribution is 2.19. The van der Waals surface area contributed by atoms with E-state index < -0.39 is 10.2 Å². The zero-order chi connectivity index (χ0) is 19.6. The van der Waals surface area contributed by atoms with Crippen molar-refractivity contribution in [1.29, 1.82) is 0 Å². The van der Waals surface area contributed by atoms with Gasteiger partial charge >= 0.3 is 0 Å². The smallest absolute Gasteiger partial charge is 0.282 e. The maximum absolute atomic E-state index is 13.0. The lowest BCUT2D eigenvalue weighted by molar-refractivity contribution is 0.140. The van der Waals surface area contributed by atoms with Crippen molar-refractivity contribution in [3.63, 3.8) is 0 Å². The SMILES string of the molecule is O=S(=O)(N1CCCCCC1)N1CCN(Cn2nc3n(c2=S)CCCCC3)CC1. The number of piperazine rings is 1. The molecule has 4 heterocycles. The van der Waals surface area contributed by atoms with Gasteiger partial charge in [0.2, 0.25) is 0 Å². The van der Waals surface area contributed by atoms with E-state index in [0.717, 1.165) is 62.3 Å². The molecule has 1 aromatic heterocycles. The summed E-state index contributed by atoms with van der Waals surface area (Å²) in [5.74, 6) is 1.10. The standard InChI is InChI=1S/C18H32N6O2S2/c25-28(26,21-9-5-1-2-6-10-21)22-14-12-20(13-15-22)16-24-18(27)23-11-7-3-4-8-17(23)19-24/h1-16H2. The van der Waals surface area contributed by atoms with E-state index in [0.29, 0.717) is 32.8 Å². The summed E-state index contributed by atoms with van der Waals surface area (Å²) in [4.78, 5) is 2.26. The number of rotatable bonds is 4. The predicted octanol–water partition coefficient (Wildman–Crippen LogP) is 1.84. The van der Waals surface area contributed by atoms with Gasteiger partial charge in [0.05, 0.1) is 6.67 Å². The van der Waals surface area contributed by atoms with Crippen LogP contribution < -0.4 is 0 Å². The van der Waals surface area contributed by atoms with E-state index in [1.165, 1.54) is 19.3 Å². The molecule has 8 nitrogen and oxygen atoms in total. The second-order valence-electron chi connectivity index (χ2n) is 8.14. The van der Waals surface area contributed by atoms with E-state index in [1.807, 2.05) is 4.68 Å². The van der Waals surface area contributed by atoms with Crippen LogP contribution in [0.5, 0.6) is 0 Å². The Kier molecular flexibility index (Phi) is 6.51. The van der Waals surface area contributed by atoms with Gasteiger partial charge in [-0.15, -0.1) is 0 Å². The van der Waals surface area contributed by atoms with E-state index in [1.54, 1.807) is 8.61 Å². The lowest BCUT2D eigenvalue weighted by Crippen LogP contribution is -2.53. The van der Waals surface area contributed by atoms with Crippen LogP contribution in [0.1, 0.15) is 50.8 Å². The molecule has 0 amide bonds. The molecule has 10 heteroatoms. The number of aromatic nitrogens is 3. The van der Waals surface area contributed by atoms with E-state index >= 15 is 0 Å². The highest BCUT2D eigenvalue weighted by Gasteiger charge is 2.32. The summed E-state index contributed by atoms with van der Waals surface area (Å²) in [6.45, 7) is 5.47. The normalized spacial score (nSPS) is 23.9. The van der Waals surface area contributed by atoms with Gasteiger partial charge in [0, 0.05) is 52.2 Å². The predicted molar refractivity (Wildman–Crippen MR) is 111 cm³/mol. The summed E-state index contributed by atoms with van der Waals surface area (Å²) in [6.07, 6.45) is 8.80. The fourth-order valence-corrected chi connectivity index (χ4v) is 6.41. The molecular weight excluding hydrogens is 396 g/mol. The van der Waals surface area contributed by atoms with Crippen molar-refractivity contribution in [3.05, 3.63) is 10.6 Å². The van der Waals surface area contributed by atoms with Crippen molar-refractivity contribution in [1.82, 2.24) is 27.9 Å². The minimum atomic E-state index is -3.33. The van der Waals surface area contributed by atoms with Crippen molar-refractivity contribution in [3.8, 4) is 0 Å². The molecule has 28 heavy (non-hydrogen) atoms. The van der Waals surface area contributed by atoms with Gasteiger partial charge in [-0.05, 0) is 37.9 Å². The van der Waals surface area contributed by atoms with Crippen LogP contribution >= 0.6 is 12.2 Å². The van der Waals surface area contributed by atoms with Crippen LogP contribution in [0.4, 0.5) is 0 Å². The number of aryl methyl sites for hydroxylation is 1. The van der Waals surface area contributed by atoms with Gasteiger partial charge in [0.25, 0.3) is 10.2 Å². The van der Waals surface area contributed by atoms with Crippen molar-refractivity contribution < 1.29 is 8.42 Å². The molecule has 0 radical (unpaired) electrons. The average Bonchev–Trinajstić information content (AvgIpc) is 2.97. The van der Waals surface area contributed by atoms with Gasteiger partial charge in [0.1, 0.15) is 5.82 Å². The fourth-order valence-electron chi connectivity index (χ4n) is 4.44. The summed E-state index contributed by atoms with van der Waals surface area (Å²) in [7, 11) is -3.33. The summed E-state index contributed by atoms with van der Waals surface area (Å²) in [6, 6.07) is 0. The number of hydrogen-bond donors (Lipinski definition) is 0. The molecule has 0 atom stereocenters. The van der Waals surface area contributed by atoms with E-state index in [4.69, 9.17) is 17.3 Å². The third-order valence-corrected chi connectivity index (χ3v) is 8.63. The summed E-state index contributed by atoms with van der Waals surface area (Å²) in [5, 5.41) is 4.75. The molecule has 2 fully saturated rings. The monoisotopic (exact) mass is 428 g/mol. The summed E-state index contributed by atoms with van der Waals surface area (Å²) < 4.78 is 34.2. The molecular formula is C18H32N6O2S2. The van der Waals surface area contributed by atoms with Crippen LogP contribution in [-0.4, -0.2) is 75.5 Å². The van der Waals surface area contributed by atoms with Gasteiger partial charge in [-0.25, -0.2) is 4.68 Å². The van der Waals surface area contributed by atoms with Crippen molar-refractivity contribution in [2.75, 3.05) is 39.3 Å². The van der Waals surface area contributed by atoms with Gasteiger partial charge in [-0.2, -0.15) is 22.1 Å². The molecule has 3 aliphatic heterocycles. The first kappa shape index (κ1) is 20.5. The summed E-state index contributed by atoms with van der Waals surface area (Å²) >= 11 is 5.65. The average molecular weight is 429 g/mol. The Labute approximate surface area is 173 Å². The topological polar surface area (TPSA) is 66.6 Å². The van der Waals surface area contributed by atoms with Gasteiger partial charge < -0.3 is 4.57 Å². The minimum absolute atomic E-state index is 0.541. The van der Waals surface area contributed by atoms with Crippen LogP contribution in [0.2, 0.25) is 0 Å². The van der Waals surface area contributed by atoms with Crippen molar-refractivity contribution >= 4 is 22.4 Å². The molecule has 0 N–H and O–H groups in total. The Morgan fingerprint density at radius 2 is 1.39 bits per heavy atom. The second kappa shape index (κ2) is 8.91. The van der Waals surface area contributed by atoms with Crippen molar-refractivity contribution in [2.24, 2.45) is 0 Å². The molecule has 0 spiro atoms. The molecule has 0 unspecified atom stereocenters. The molecule has 0 bridgehead atoms. The van der Waals surface area contributed by atoms with Crippen molar-refractivity contribution in [2.45, 2.75) is 64.6 Å². The number of nitrogens with zero attached hydrogens (tertiary/aromatic N) is 6. The summed E-state index contributed by atoms with van der Waals surface area (Å²) in [5.41, 5.74) is 0. The zero-order valence-corrected chi connectivity index (χ0v) is 18.3. The maximum atomic E-state index is 13.0. The lowest BCUT2D eigenvalue weighted by atomic mass is 10.2. The van der Waals surface area contributed by atoms with E-state index in [9.17, 15) is 8.42 Å². The quantitative estimate of drug-likeness (QED) is 0.685. The molecule has 0 aromatic carbocycles. The number of hydrogen-bond acceptors (Lipinski definition) is 5. The fraction of sp³-hybridized carbons (Fsp3) is 0.889. The highest BCUT2D eigenvalue weighted by atomic mass is 32.2. The maximum Gasteiger partial charge on any atom is 0.282 e. The molecule has 4 rings (SSSR count). The molecule has 0 saturated carbocycles. The van der Waals surface area contributed by atoms with E-state index in [2.05, 4.69) is 9.47 Å². The number of fused-ring (bicyclic) bond motifs is 1. The first-order valence-electron chi connectivity index (χ1n) is 10.7. The third kappa shape index (κ3) is 4.35. The first-order chi connectivity index (χ1) is 13.6. The van der Waals surface area contributed by atoms with Crippen LogP contribution in [0.25, 0.3) is 0 Å². The van der Waals surface area contributed by atoms with Gasteiger partial charge in [-0.3, -0.25) is 4.90 Å². The van der Waals surface area contributed by atoms with Crippen LogP contribution in [0.15, 0.2) is 0 Å². The first-order valence-corrected chi connectivity index (χ1v) is 12.5. The Bertz CT molecular complexity index is 818. The Balaban J connectivity index is 1.36. The minimum Gasteiger partial charge on any atom is -0.304 e. The zero-order valence-electron chi connectivity index (χ0n) is 16.6. The largest absolute Gasteiger partial charge is 0.304 e. The Morgan fingerprint density at radius 1 is 0.786 bits per heavy atom. The van der Waals surface area contributed by atoms with Gasteiger partial charge in [-0.1, -0.05) is 19.3 Å². The van der Waals surface area contributed by atoms with E-state index in [-0.39, 0.29) is 0 Å². The Morgan fingerprint density at radius 3 is 2.11 bits per heavy atom.